The highest BCUT2D eigenvalue weighted by atomic mass is 19.3. The third-order valence-electron chi connectivity index (χ3n) is 3.92. The molecule has 0 spiro atoms. The molecule has 7 nitrogen and oxygen atoms in total. The molecule has 2 rings (SSSR count). The molecule has 1 aromatic rings. The van der Waals surface area contributed by atoms with Crippen molar-refractivity contribution in [2.24, 2.45) is 5.41 Å². The van der Waals surface area contributed by atoms with E-state index >= 15 is 0 Å². The average Bonchev–Trinajstić information content (AvgIpc) is 2.92. The summed E-state index contributed by atoms with van der Waals surface area (Å²) < 4.78 is 34.3. The number of carboxylic acid groups (broad SMARTS) is 1. The number of halogens is 2. The van der Waals surface area contributed by atoms with Crippen molar-refractivity contribution in [3.63, 3.8) is 0 Å². The Morgan fingerprint density at radius 2 is 2.12 bits per heavy atom. The van der Waals surface area contributed by atoms with E-state index in [4.69, 9.17) is 4.74 Å². The van der Waals surface area contributed by atoms with E-state index in [1.54, 1.807) is 6.92 Å². The molecule has 0 bridgehead atoms. The maximum absolute atomic E-state index is 12.5. The SMILES string of the molecule is COc1ccc(OC(F)F)c(NC(=O)N2CCC(C)(C(=O)O)C2)c1. The second-order valence-corrected chi connectivity index (χ2v) is 5.71. The van der Waals surface area contributed by atoms with Gasteiger partial charge in [-0.3, -0.25) is 4.79 Å². The largest absolute Gasteiger partial charge is 0.497 e. The summed E-state index contributed by atoms with van der Waals surface area (Å²) in [6, 6.07) is 3.44. The number of urea groups is 1. The van der Waals surface area contributed by atoms with E-state index < -0.39 is 24.0 Å². The van der Waals surface area contributed by atoms with Crippen LogP contribution in [0.5, 0.6) is 11.5 Å². The van der Waals surface area contributed by atoms with E-state index in [2.05, 4.69) is 10.1 Å². The van der Waals surface area contributed by atoms with Crippen molar-refractivity contribution in [1.82, 2.24) is 4.90 Å². The zero-order chi connectivity index (χ0) is 17.9. The van der Waals surface area contributed by atoms with Crippen LogP contribution in [-0.4, -0.2) is 48.8 Å². The molecule has 2 amide bonds. The lowest BCUT2D eigenvalue weighted by Gasteiger charge is -2.21. The number of rotatable bonds is 5. The molecule has 1 aromatic carbocycles. The third kappa shape index (κ3) is 3.84. The number of likely N-dealkylation sites (tertiary alicyclic amines) is 1. The topological polar surface area (TPSA) is 88.1 Å². The summed E-state index contributed by atoms with van der Waals surface area (Å²) in [7, 11) is 1.40. The Morgan fingerprint density at radius 1 is 1.42 bits per heavy atom. The number of ether oxygens (including phenoxy) is 2. The lowest BCUT2D eigenvalue weighted by atomic mass is 9.90. The fraction of sp³-hybridized carbons (Fsp3) is 0.467. The molecule has 1 unspecified atom stereocenters. The van der Waals surface area contributed by atoms with E-state index in [-0.39, 0.29) is 24.5 Å². The number of alkyl halides is 2. The van der Waals surface area contributed by atoms with Gasteiger partial charge in [0.15, 0.2) is 0 Å². The second kappa shape index (κ2) is 6.90. The summed E-state index contributed by atoms with van der Waals surface area (Å²) in [6.45, 7) is -1.21. The first-order chi connectivity index (χ1) is 11.2. The van der Waals surface area contributed by atoms with Gasteiger partial charge in [-0.05, 0) is 25.5 Å². The quantitative estimate of drug-likeness (QED) is 0.857. The van der Waals surface area contributed by atoms with Crippen molar-refractivity contribution < 1.29 is 33.0 Å². The van der Waals surface area contributed by atoms with Gasteiger partial charge < -0.3 is 24.8 Å². The number of amides is 2. The Kier molecular flexibility index (Phi) is 5.10. The molecule has 132 valence electrons. The summed E-state index contributed by atoms with van der Waals surface area (Å²) in [5.74, 6) is -0.844. The predicted octanol–water partition coefficient (Wildman–Crippen LogP) is 2.63. The molecule has 1 fully saturated rings. The van der Waals surface area contributed by atoms with Crippen molar-refractivity contribution in [3.8, 4) is 11.5 Å². The monoisotopic (exact) mass is 344 g/mol. The number of anilines is 1. The molecule has 0 aromatic heterocycles. The summed E-state index contributed by atoms with van der Waals surface area (Å²) in [5.41, 5.74) is -1.00. The highest BCUT2D eigenvalue weighted by Crippen LogP contribution is 2.33. The zero-order valence-corrected chi connectivity index (χ0v) is 13.2. The van der Waals surface area contributed by atoms with Crippen LogP contribution in [0.1, 0.15) is 13.3 Å². The summed E-state index contributed by atoms with van der Waals surface area (Å²) >= 11 is 0. The number of hydrogen-bond acceptors (Lipinski definition) is 4. The summed E-state index contributed by atoms with van der Waals surface area (Å²) in [4.78, 5) is 24.9. The lowest BCUT2D eigenvalue weighted by Crippen LogP contribution is -2.37. The molecule has 1 saturated heterocycles. The maximum Gasteiger partial charge on any atom is 0.387 e. The van der Waals surface area contributed by atoms with Gasteiger partial charge in [0.25, 0.3) is 0 Å². The number of carbonyl (C=O) groups excluding carboxylic acids is 1. The van der Waals surface area contributed by atoms with Gasteiger partial charge >= 0.3 is 18.6 Å². The molecule has 1 heterocycles. The molecule has 9 heteroatoms. The number of carbonyl (C=O) groups is 2. The minimum absolute atomic E-state index is 0.0172. The van der Waals surface area contributed by atoms with E-state index in [0.29, 0.717) is 12.2 Å². The van der Waals surface area contributed by atoms with Crippen molar-refractivity contribution in [2.45, 2.75) is 20.0 Å². The fourth-order valence-electron chi connectivity index (χ4n) is 2.44. The van der Waals surface area contributed by atoms with E-state index in [9.17, 15) is 23.5 Å². The Bertz CT molecular complexity index is 640. The van der Waals surface area contributed by atoms with Crippen LogP contribution in [0.4, 0.5) is 19.3 Å². The van der Waals surface area contributed by atoms with Gasteiger partial charge in [0.2, 0.25) is 0 Å². The number of hydrogen-bond donors (Lipinski definition) is 2. The molecule has 2 N–H and O–H groups in total. The number of nitrogens with zero attached hydrogens (tertiary/aromatic N) is 1. The molecular formula is C15H18F2N2O5. The van der Waals surface area contributed by atoms with Crippen LogP contribution >= 0.6 is 0 Å². The Labute approximate surface area is 137 Å². The average molecular weight is 344 g/mol. The van der Waals surface area contributed by atoms with Gasteiger partial charge in [-0.1, -0.05) is 0 Å². The Balaban J connectivity index is 2.15. The van der Waals surface area contributed by atoms with E-state index in [1.165, 1.54) is 30.2 Å². The number of carboxylic acids is 1. The Hall–Kier alpha value is -2.58. The highest BCUT2D eigenvalue weighted by Gasteiger charge is 2.42. The first kappa shape index (κ1) is 17.8. The first-order valence-electron chi connectivity index (χ1n) is 7.17. The molecule has 24 heavy (non-hydrogen) atoms. The minimum atomic E-state index is -3.05. The van der Waals surface area contributed by atoms with Crippen molar-refractivity contribution in [3.05, 3.63) is 18.2 Å². The first-order valence-corrected chi connectivity index (χ1v) is 7.17. The van der Waals surface area contributed by atoms with Gasteiger partial charge in [0, 0.05) is 19.2 Å². The number of methoxy groups -OCH3 is 1. The van der Waals surface area contributed by atoms with Gasteiger partial charge in [0.05, 0.1) is 18.2 Å². The number of nitrogens with one attached hydrogen (secondary N) is 1. The normalized spacial score (nSPS) is 20.1. The zero-order valence-electron chi connectivity index (χ0n) is 13.2. The van der Waals surface area contributed by atoms with Crippen LogP contribution < -0.4 is 14.8 Å². The van der Waals surface area contributed by atoms with Crippen molar-refractivity contribution in [1.29, 1.82) is 0 Å². The maximum atomic E-state index is 12.5. The standard InChI is InChI=1S/C15H18F2N2O5/c1-15(12(20)21)5-6-19(8-15)14(22)18-10-7-9(23-2)3-4-11(10)24-13(16)17/h3-4,7,13H,5-6,8H2,1-2H3,(H,18,22)(H,20,21). The van der Waals surface area contributed by atoms with Crippen LogP contribution in [0.15, 0.2) is 18.2 Å². The highest BCUT2D eigenvalue weighted by molar-refractivity contribution is 5.92. The van der Waals surface area contributed by atoms with Crippen molar-refractivity contribution in [2.75, 3.05) is 25.5 Å². The Morgan fingerprint density at radius 3 is 2.67 bits per heavy atom. The van der Waals surface area contributed by atoms with E-state index in [1.807, 2.05) is 0 Å². The lowest BCUT2D eigenvalue weighted by molar-refractivity contribution is -0.146. The molecule has 0 radical (unpaired) electrons. The molecule has 0 saturated carbocycles. The minimum Gasteiger partial charge on any atom is -0.497 e. The van der Waals surface area contributed by atoms with Crippen LogP contribution in [-0.2, 0) is 4.79 Å². The van der Waals surface area contributed by atoms with Gasteiger partial charge in [-0.25, -0.2) is 4.79 Å². The smallest absolute Gasteiger partial charge is 0.387 e. The third-order valence-corrected chi connectivity index (χ3v) is 3.92. The molecule has 0 aliphatic carbocycles. The van der Waals surface area contributed by atoms with Gasteiger partial charge in [-0.2, -0.15) is 8.78 Å². The molecule has 1 aliphatic heterocycles. The summed E-state index contributed by atoms with van der Waals surface area (Å²) in [5, 5.41) is 11.7. The van der Waals surface area contributed by atoms with Crippen molar-refractivity contribution >= 4 is 17.7 Å². The number of aliphatic carboxylic acids is 1. The van der Waals surface area contributed by atoms with Gasteiger partial charge in [0.1, 0.15) is 11.5 Å². The molecular weight excluding hydrogens is 326 g/mol. The number of benzene rings is 1. The van der Waals surface area contributed by atoms with Crippen LogP contribution in [0.2, 0.25) is 0 Å². The van der Waals surface area contributed by atoms with Crippen LogP contribution in [0.25, 0.3) is 0 Å². The predicted molar refractivity (Wildman–Crippen MR) is 80.6 cm³/mol. The molecule has 1 atom stereocenters. The van der Waals surface area contributed by atoms with Crippen LogP contribution in [0.3, 0.4) is 0 Å². The fourth-order valence-corrected chi connectivity index (χ4v) is 2.44. The van der Waals surface area contributed by atoms with Crippen LogP contribution in [0, 0.1) is 5.41 Å². The summed E-state index contributed by atoms with van der Waals surface area (Å²) in [6.07, 6.45) is 0.314. The second-order valence-electron chi connectivity index (χ2n) is 5.71. The molecule has 1 aliphatic rings. The van der Waals surface area contributed by atoms with E-state index in [0.717, 1.165) is 0 Å². The van der Waals surface area contributed by atoms with Gasteiger partial charge in [-0.15, -0.1) is 0 Å².